The average Bonchev–Trinajstić information content (AvgIpc) is 3.07. The van der Waals surface area contributed by atoms with Gasteiger partial charge in [-0.25, -0.2) is 13.4 Å². The topological polar surface area (TPSA) is 97.2 Å². The summed E-state index contributed by atoms with van der Waals surface area (Å²) in [6.07, 6.45) is 4.80. The van der Waals surface area contributed by atoms with Gasteiger partial charge in [-0.05, 0) is 29.8 Å². The van der Waals surface area contributed by atoms with Crippen molar-refractivity contribution in [2.45, 2.75) is 18.0 Å². The van der Waals surface area contributed by atoms with Crippen LogP contribution in [0.1, 0.15) is 21.7 Å². The zero-order valence-electron chi connectivity index (χ0n) is 14.5. The van der Waals surface area contributed by atoms with Gasteiger partial charge < -0.3 is 5.32 Å². The molecule has 2 aromatic heterocycles. The number of sulfonamides is 1. The maximum Gasteiger partial charge on any atom is 0.272 e. The van der Waals surface area contributed by atoms with Crippen molar-refractivity contribution in [3.63, 3.8) is 0 Å². The number of nitrogens with zero attached hydrogens (tertiary/aromatic N) is 4. The number of rotatable bonds is 3. The van der Waals surface area contributed by atoms with Gasteiger partial charge in [0.2, 0.25) is 10.0 Å². The number of hydrogen-bond donors (Lipinski definition) is 1. The first-order valence-electron chi connectivity index (χ1n) is 8.27. The van der Waals surface area contributed by atoms with E-state index in [-0.39, 0.29) is 23.0 Å². The molecule has 0 saturated carbocycles. The summed E-state index contributed by atoms with van der Waals surface area (Å²) in [6.45, 7) is 0.382. The summed E-state index contributed by atoms with van der Waals surface area (Å²) in [5.41, 5.74) is 2.13. The molecule has 1 aromatic carbocycles. The Hall–Kier alpha value is -3.04. The Morgan fingerprint density at radius 1 is 1.19 bits per heavy atom. The van der Waals surface area contributed by atoms with Gasteiger partial charge in [0, 0.05) is 26.0 Å². The van der Waals surface area contributed by atoms with E-state index in [4.69, 9.17) is 0 Å². The zero-order chi connectivity index (χ0) is 19.0. The fourth-order valence-corrected chi connectivity index (χ4v) is 4.34. The fraction of sp³-hybridized carbons (Fsp3) is 0.167. The second-order valence-electron chi connectivity index (χ2n) is 6.18. The van der Waals surface area contributed by atoms with Crippen molar-refractivity contribution in [1.82, 2.24) is 24.2 Å². The van der Waals surface area contributed by atoms with Gasteiger partial charge in [-0.1, -0.05) is 12.1 Å². The number of carbonyl (C=O) groups excluding carboxylic acids is 1. The number of carbonyl (C=O) groups is 1. The first-order valence-corrected chi connectivity index (χ1v) is 9.71. The summed E-state index contributed by atoms with van der Waals surface area (Å²) in [6, 6.07) is 10.3. The Bertz CT molecular complexity index is 1110. The van der Waals surface area contributed by atoms with Crippen molar-refractivity contribution in [3.05, 3.63) is 72.1 Å². The SMILES string of the molecule is CN1Cc2c(C(=O)NCc3ccncc3)ncn2-c2ccccc2S1(=O)=O. The Morgan fingerprint density at radius 3 is 2.70 bits per heavy atom. The van der Waals surface area contributed by atoms with E-state index >= 15 is 0 Å². The normalized spacial score (nSPS) is 15.4. The van der Waals surface area contributed by atoms with Crippen molar-refractivity contribution in [2.75, 3.05) is 7.05 Å². The number of para-hydroxylation sites is 1. The monoisotopic (exact) mass is 383 g/mol. The fourth-order valence-electron chi connectivity index (χ4n) is 3.03. The molecule has 27 heavy (non-hydrogen) atoms. The van der Waals surface area contributed by atoms with Gasteiger partial charge in [0.05, 0.1) is 17.9 Å². The molecule has 138 valence electrons. The van der Waals surface area contributed by atoms with Crippen LogP contribution in [0.3, 0.4) is 0 Å². The highest BCUT2D eigenvalue weighted by Gasteiger charge is 2.32. The van der Waals surface area contributed by atoms with Gasteiger partial charge in [0.1, 0.15) is 11.2 Å². The summed E-state index contributed by atoms with van der Waals surface area (Å²) >= 11 is 0. The number of benzene rings is 1. The average molecular weight is 383 g/mol. The predicted molar refractivity (Wildman–Crippen MR) is 97.6 cm³/mol. The number of imidazole rings is 1. The minimum absolute atomic E-state index is 0.0506. The maximum atomic E-state index is 12.8. The third-order valence-corrected chi connectivity index (χ3v) is 6.32. The van der Waals surface area contributed by atoms with Gasteiger partial charge in [-0.15, -0.1) is 0 Å². The van der Waals surface area contributed by atoms with Crippen LogP contribution in [-0.2, 0) is 23.1 Å². The van der Waals surface area contributed by atoms with Crippen LogP contribution in [0.25, 0.3) is 5.69 Å². The predicted octanol–water partition coefficient (Wildman–Crippen LogP) is 1.33. The molecule has 0 unspecified atom stereocenters. The number of hydrogen-bond acceptors (Lipinski definition) is 5. The van der Waals surface area contributed by atoms with Crippen molar-refractivity contribution >= 4 is 15.9 Å². The van der Waals surface area contributed by atoms with E-state index in [0.717, 1.165) is 5.56 Å². The van der Waals surface area contributed by atoms with Crippen LogP contribution in [0.15, 0.2) is 60.0 Å². The van der Waals surface area contributed by atoms with Crippen LogP contribution >= 0.6 is 0 Å². The quantitative estimate of drug-likeness (QED) is 0.736. The van der Waals surface area contributed by atoms with E-state index in [1.807, 2.05) is 12.1 Å². The second-order valence-corrected chi connectivity index (χ2v) is 8.19. The minimum Gasteiger partial charge on any atom is -0.347 e. The molecule has 0 bridgehead atoms. The summed E-state index contributed by atoms with van der Waals surface area (Å²) in [5, 5.41) is 2.82. The van der Waals surface area contributed by atoms with E-state index in [1.165, 1.54) is 17.7 Å². The van der Waals surface area contributed by atoms with Gasteiger partial charge in [-0.3, -0.25) is 14.3 Å². The van der Waals surface area contributed by atoms with E-state index in [2.05, 4.69) is 15.3 Å². The first kappa shape index (κ1) is 17.4. The molecule has 0 spiro atoms. The zero-order valence-corrected chi connectivity index (χ0v) is 15.3. The van der Waals surface area contributed by atoms with Crippen LogP contribution in [0, 0.1) is 0 Å². The molecule has 4 rings (SSSR count). The summed E-state index contributed by atoms with van der Waals surface area (Å²) in [5.74, 6) is -0.356. The molecule has 0 fully saturated rings. The van der Waals surface area contributed by atoms with Gasteiger partial charge in [0.25, 0.3) is 5.91 Å². The molecule has 1 aliphatic heterocycles. The molecule has 1 amide bonds. The molecule has 3 heterocycles. The molecule has 1 aliphatic rings. The van der Waals surface area contributed by atoms with Crippen molar-refractivity contribution in [1.29, 1.82) is 0 Å². The van der Waals surface area contributed by atoms with Crippen LogP contribution in [0.2, 0.25) is 0 Å². The van der Waals surface area contributed by atoms with E-state index < -0.39 is 10.0 Å². The lowest BCUT2D eigenvalue weighted by Gasteiger charge is -2.14. The van der Waals surface area contributed by atoms with Gasteiger partial charge in [0.15, 0.2) is 5.69 Å². The van der Waals surface area contributed by atoms with E-state index in [1.54, 1.807) is 41.2 Å². The van der Waals surface area contributed by atoms with Crippen LogP contribution in [0.5, 0.6) is 0 Å². The largest absolute Gasteiger partial charge is 0.347 e. The van der Waals surface area contributed by atoms with Gasteiger partial charge in [-0.2, -0.15) is 4.31 Å². The van der Waals surface area contributed by atoms with Crippen molar-refractivity contribution in [3.8, 4) is 5.69 Å². The molecule has 0 radical (unpaired) electrons. The number of fused-ring (bicyclic) bond motifs is 3. The highest BCUT2D eigenvalue weighted by atomic mass is 32.2. The molecule has 1 N–H and O–H groups in total. The van der Waals surface area contributed by atoms with Crippen LogP contribution in [0.4, 0.5) is 0 Å². The summed E-state index contributed by atoms with van der Waals surface area (Å²) in [7, 11) is -2.15. The molecule has 9 heteroatoms. The maximum absolute atomic E-state index is 12.8. The standard InChI is InChI=1S/C18H17N5O3S/c1-22-11-15-17(18(24)20-10-13-6-8-19-9-7-13)21-12-23(15)14-4-2-3-5-16(14)27(22,25)26/h2-9,12H,10-11H2,1H3,(H,20,24). The third-order valence-electron chi connectivity index (χ3n) is 4.47. The Labute approximate surface area is 156 Å². The summed E-state index contributed by atoms with van der Waals surface area (Å²) in [4.78, 5) is 21.1. The lowest BCUT2D eigenvalue weighted by Crippen LogP contribution is -2.28. The lowest BCUT2D eigenvalue weighted by atomic mass is 10.2. The third kappa shape index (κ3) is 3.00. The molecule has 8 nitrogen and oxygen atoms in total. The number of aromatic nitrogens is 3. The molecule has 0 atom stereocenters. The summed E-state index contributed by atoms with van der Waals surface area (Å²) < 4.78 is 28.4. The Balaban J connectivity index is 1.71. The van der Waals surface area contributed by atoms with E-state index in [0.29, 0.717) is 17.9 Å². The van der Waals surface area contributed by atoms with Gasteiger partial charge >= 0.3 is 0 Å². The van der Waals surface area contributed by atoms with E-state index in [9.17, 15) is 13.2 Å². The highest BCUT2D eigenvalue weighted by Crippen LogP contribution is 2.30. The second kappa shape index (κ2) is 6.60. The molecule has 0 aliphatic carbocycles. The lowest BCUT2D eigenvalue weighted by molar-refractivity contribution is 0.0944. The number of amides is 1. The Morgan fingerprint density at radius 2 is 1.93 bits per heavy atom. The highest BCUT2D eigenvalue weighted by molar-refractivity contribution is 7.89. The smallest absolute Gasteiger partial charge is 0.272 e. The number of pyridine rings is 1. The van der Waals surface area contributed by atoms with Crippen molar-refractivity contribution in [2.24, 2.45) is 0 Å². The number of nitrogens with one attached hydrogen (secondary N) is 1. The molecule has 0 saturated heterocycles. The minimum atomic E-state index is -3.65. The molecule has 3 aromatic rings. The van der Waals surface area contributed by atoms with Crippen LogP contribution in [-0.4, -0.2) is 40.2 Å². The Kier molecular flexibility index (Phi) is 4.25. The first-order chi connectivity index (χ1) is 13.0. The molecular formula is C18H17N5O3S. The van der Waals surface area contributed by atoms with Crippen LogP contribution < -0.4 is 5.32 Å². The van der Waals surface area contributed by atoms with Crippen molar-refractivity contribution < 1.29 is 13.2 Å². The molecular weight excluding hydrogens is 366 g/mol.